The van der Waals surface area contributed by atoms with Gasteiger partial charge in [0.2, 0.25) is 0 Å². The van der Waals surface area contributed by atoms with Crippen molar-refractivity contribution in [2.45, 2.75) is 25.8 Å². The Bertz CT molecular complexity index is 291. The van der Waals surface area contributed by atoms with Gasteiger partial charge in [-0.3, -0.25) is 0 Å². The fourth-order valence-electron chi connectivity index (χ4n) is 1.56. The lowest BCUT2D eigenvalue weighted by atomic mass is 10.0. The second-order valence-corrected chi connectivity index (χ2v) is 4.49. The van der Waals surface area contributed by atoms with E-state index in [1.807, 2.05) is 12.1 Å². The van der Waals surface area contributed by atoms with Crippen molar-refractivity contribution in [1.82, 2.24) is 5.32 Å². The van der Waals surface area contributed by atoms with Crippen LogP contribution in [-0.4, -0.2) is 18.3 Å². The molecule has 15 heavy (non-hydrogen) atoms. The summed E-state index contributed by atoms with van der Waals surface area (Å²) in [5.74, 6) is 0. The molecule has 1 unspecified atom stereocenters. The first-order valence-electron chi connectivity index (χ1n) is 5.37. The Hall–Kier alpha value is -0.380. The van der Waals surface area contributed by atoms with Crippen LogP contribution in [0.15, 0.2) is 28.7 Å². The number of hydrogen-bond acceptors (Lipinski definition) is 2. The Balaban J connectivity index is 2.69. The predicted octanol–water partition coefficient (Wildman–Crippen LogP) is 2.87. The van der Waals surface area contributed by atoms with Gasteiger partial charge in [-0.15, -0.1) is 0 Å². The fraction of sp³-hybridized carbons (Fsp3) is 0.500. The minimum atomic E-state index is 0.216. The summed E-state index contributed by atoms with van der Waals surface area (Å²) in [5, 5.41) is 12.4. The zero-order valence-corrected chi connectivity index (χ0v) is 10.6. The Morgan fingerprint density at radius 1 is 1.47 bits per heavy atom. The molecule has 0 amide bonds. The van der Waals surface area contributed by atoms with Crippen LogP contribution in [0.2, 0.25) is 0 Å². The quantitative estimate of drug-likeness (QED) is 0.834. The topological polar surface area (TPSA) is 32.3 Å². The van der Waals surface area contributed by atoms with Crippen molar-refractivity contribution in [1.29, 1.82) is 0 Å². The van der Waals surface area contributed by atoms with E-state index in [-0.39, 0.29) is 12.6 Å². The highest BCUT2D eigenvalue weighted by Gasteiger charge is 2.09. The third-order valence-corrected chi connectivity index (χ3v) is 2.80. The Morgan fingerprint density at radius 2 is 2.27 bits per heavy atom. The highest BCUT2D eigenvalue weighted by molar-refractivity contribution is 9.10. The first-order chi connectivity index (χ1) is 7.27. The molecule has 0 aliphatic carbocycles. The molecule has 0 fully saturated rings. The summed E-state index contributed by atoms with van der Waals surface area (Å²) in [6, 6.07) is 8.49. The SMILES string of the molecule is CCCNC(CCO)c1cccc(Br)c1. The van der Waals surface area contributed by atoms with Crippen molar-refractivity contribution in [2.24, 2.45) is 0 Å². The van der Waals surface area contributed by atoms with E-state index < -0.39 is 0 Å². The molecule has 2 nitrogen and oxygen atoms in total. The summed E-state index contributed by atoms with van der Waals surface area (Å²) < 4.78 is 1.08. The standard InChI is InChI=1S/C12H18BrNO/c1-2-7-14-12(6-8-15)10-4-3-5-11(13)9-10/h3-5,9,12,14-15H,2,6-8H2,1H3. The van der Waals surface area contributed by atoms with E-state index in [2.05, 4.69) is 40.3 Å². The van der Waals surface area contributed by atoms with E-state index in [0.29, 0.717) is 0 Å². The molecule has 0 aromatic heterocycles. The van der Waals surface area contributed by atoms with Crippen molar-refractivity contribution in [3.05, 3.63) is 34.3 Å². The minimum absolute atomic E-state index is 0.216. The van der Waals surface area contributed by atoms with Crippen LogP contribution >= 0.6 is 15.9 Å². The Labute approximate surface area is 99.8 Å². The summed E-state index contributed by atoms with van der Waals surface area (Å²) in [6.45, 7) is 3.34. The maximum Gasteiger partial charge on any atom is 0.0449 e. The van der Waals surface area contributed by atoms with Crippen LogP contribution in [0.25, 0.3) is 0 Å². The van der Waals surface area contributed by atoms with Crippen LogP contribution in [0.3, 0.4) is 0 Å². The predicted molar refractivity (Wildman–Crippen MR) is 66.9 cm³/mol. The molecule has 1 rings (SSSR count). The van der Waals surface area contributed by atoms with Crippen molar-refractivity contribution in [3.8, 4) is 0 Å². The molecule has 0 aliphatic rings. The van der Waals surface area contributed by atoms with Gasteiger partial charge in [-0.2, -0.15) is 0 Å². The minimum Gasteiger partial charge on any atom is -0.396 e. The van der Waals surface area contributed by atoms with Crippen molar-refractivity contribution >= 4 is 15.9 Å². The third kappa shape index (κ3) is 4.33. The zero-order chi connectivity index (χ0) is 11.1. The molecule has 1 atom stereocenters. The molecule has 1 aromatic rings. The average Bonchev–Trinajstić information content (AvgIpc) is 2.24. The van der Waals surface area contributed by atoms with E-state index >= 15 is 0 Å². The number of nitrogens with one attached hydrogen (secondary N) is 1. The number of aliphatic hydroxyl groups is 1. The second-order valence-electron chi connectivity index (χ2n) is 3.57. The van der Waals surface area contributed by atoms with E-state index in [9.17, 15) is 0 Å². The fourth-order valence-corrected chi connectivity index (χ4v) is 1.97. The summed E-state index contributed by atoms with van der Waals surface area (Å²) in [7, 11) is 0. The number of rotatable bonds is 6. The molecule has 0 spiro atoms. The molecule has 0 heterocycles. The first kappa shape index (κ1) is 12.7. The molecule has 1 aromatic carbocycles. The van der Waals surface area contributed by atoms with Crippen LogP contribution in [0.5, 0.6) is 0 Å². The van der Waals surface area contributed by atoms with Gasteiger partial charge in [0, 0.05) is 17.1 Å². The lowest BCUT2D eigenvalue weighted by Gasteiger charge is -2.18. The van der Waals surface area contributed by atoms with Crippen molar-refractivity contribution in [2.75, 3.05) is 13.2 Å². The summed E-state index contributed by atoms with van der Waals surface area (Å²) in [5.41, 5.74) is 1.23. The zero-order valence-electron chi connectivity index (χ0n) is 9.04. The number of aliphatic hydroxyl groups excluding tert-OH is 1. The van der Waals surface area contributed by atoms with Crippen LogP contribution in [-0.2, 0) is 0 Å². The average molecular weight is 272 g/mol. The maximum atomic E-state index is 9.01. The van der Waals surface area contributed by atoms with Gasteiger partial charge in [0.15, 0.2) is 0 Å². The van der Waals surface area contributed by atoms with Gasteiger partial charge in [-0.25, -0.2) is 0 Å². The number of halogens is 1. The van der Waals surface area contributed by atoms with Gasteiger partial charge in [0.1, 0.15) is 0 Å². The molecule has 84 valence electrons. The van der Waals surface area contributed by atoms with Gasteiger partial charge < -0.3 is 10.4 Å². The van der Waals surface area contributed by atoms with E-state index in [1.165, 1.54) is 5.56 Å². The molecular formula is C12H18BrNO. The Kier molecular flexibility index (Phi) is 5.91. The molecular weight excluding hydrogens is 254 g/mol. The van der Waals surface area contributed by atoms with E-state index in [1.54, 1.807) is 0 Å². The molecule has 0 aliphatic heterocycles. The number of benzene rings is 1. The lowest BCUT2D eigenvalue weighted by molar-refractivity contribution is 0.265. The largest absolute Gasteiger partial charge is 0.396 e. The van der Waals surface area contributed by atoms with E-state index in [0.717, 1.165) is 23.9 Å². The summed E-state index contributed by atoms with van der Waals surface area (Å²) >= 11 is 3.46. The molecule has 3 heteroatoms. The smallest absolute Gasteiger partial charge is 0.0449 e. The van der Waals surface area contributed by atoms with Gasteiger partial charge in [-0.05, 0) is 37.1 Å². The van der Waals surface area contributed by atoms with Gasteiger partial charge in [-0.1, -0.05) is 35.0 Å². The second kappa shape index (κ2) is 6.99. The summed E-state index contributed by atoms with van der Waals surface area (Å²) in [6.07, 6.45) is 1.87. The van der Waals surface area contributed by atoms with Crippen molar-refractivity contribution in [3.63, 3.8) is 0 Å². The molecule has 0 radical (unpaired) electrons. The van der Waals surface area contributed by atoms with Crippen LogP contribution in [0.1, 0.15) is 31.4 Å². The van der Waals surface area contributed by atoms with Crippen LogP contribution in [0, 0.1) is 0 Å². The van der Waals surface area contributed by atoms with Crippen LogP contribution < -0.4 is 5.32 Å². The maximum absolute atomic E-state index is 9.01. The number of hydrogen-bond donors (Lipinski definition) is 2. The van der Waals surface area contributed by atoms with Gasteiger partial charge in [0.25, 0.3) is 0 Å². The molecule has 0 bridgehead atoms. The monoisotopic (exact) mass is 271 g/mol. The molecule has 2 N–H and O–H groups in total. The molecule has 0 saturated carbocycles. The highest BCUT2D eigenvalue weighted by atomic mass is 79.9. The first-order valence-corrected chi connectivity index (χ1v) is 6.17. The van der Waals surface area contributed by atoms with E-state index in [4.69, 9.17) is 5.11 Å². The summed E-state index contributed by atoms with van der Waals surface area (Å²) in [4.78, 5) is 0. The van der Waals surface area contributed by atoms with Gasteiger partial charge >= 0.3 is 0 Å². The van der Waals surface area contributed by atoms with Crippen molar-refractivity contribution < 1.29 is 5.11 Å². The highest BCUT2D eigenvalue weighted by Crippen LogP contribution is 2.20. The normalized spacial score (nSPS) is 12.7. The lowest BCUT2D eigenvalue weighted by Crippen LogP contribution is -2.23. The van der Waals surface area contributed by atoms with Crippen LogP contribution in [0.4, 0.5) is 0 Å². The Morgan fingerprint density at radius 3 is 2.87 bits per heavy atom. The van der Waals surface area contributed by atoms with Gasteiger partial charge in [0.05, 0.1) is 0 Å². The molecule has 0 saturated heterocycles. The third-order valence-electron chi connectivity index (χ3n) is 2.31.